The van der Waals surface area contributed by atoms with Gasteiger partial charge in [0, 0.05) is 12.6 Å². The van der Waals surface area contributed by atoms with Gasteiger partial charge in [0.2, 0.25) is 0 Å². The molecule has 2 unspecified atom stereocenters. The third-order valence-corrected chi connectivity index (χ3v) is 3.87. The first-order valence-corrected chi connectivity index (χ1v) is 6.82. The smallest absolute Gasteiger partial charge is 0.352 e. The highest BCUT2D eigenvalue weighted by Crippen LogP contribution is 2.33. The highest BCUT2D eigenvalue weighted by molar-refractivity contribution is 5.55. The van der Waals surface area contributed by atoms with E-state index in [1.165, 1.54) is 6.07 Å². The number of rotatable bonds is 2. The number of hydrogen-bond donors (Lipinski definition) is 1. The zero-order chi connectivity index (χ0) is 15.6. The number of hydrogen-bond acceptors (Lipinski definition) is 4. The van der Waals surface area contributed by atoms with Gasteiger partial charge < -0.3 is 10.6 Å². The van der Waals surface area contributed by atoms with Crippen molar-refractivity contribution in [3.63, 3.8) is 0 Å². The summed E-state index contributed by atoms with van der Waals surface area (Å²) in [5.41, 5.74) is 4.85. The van der Waals surface area contributed by atoms with Crippen LogP contribution in [0.4, 0.5) is 19.0 Å². The Morgan fingerprint density at radius 1 is 1.43 bits per heavy atom. The lowest BCUT2D eigenvalue weighted by molar-refractivity contribution is -0.141. The van der Waals surface area contributed by atoms with E-state index in [9.17, 15) is 13.2 Å². The van der Waals surface area contributed by atoms with Crippen molar-refractivity contribution in [3.8, 4) is 6.07 Å². The molecule has 0 aliphatic carbocycles. The van der Waals surface area contributed by atoms with Crippen molar-refractivity contribution in [2.24, 2.45) is 11.7 Å². The molecule has 2 rings (SSSR count). The normalized spacial score (nSPS) is 23.0. The summed E-state index contributed by atoms with van der Waals surface area (Å²) in [6, 6.07) is 3.99. The number of pyridine rings is 1. The summed E-state index contributed by atoms with van der Waals surface area (Å²) in [7, 11) is 0. The largest absolute Gasteiger partial charge is 0.433 e. The van der Waals surface area contributed by atoms with E-state index in [0.29, 0.717) is 13.1 Å². The first-order valence-electron chi connectivity index (χ1n) is 6.82. The van der Waals surface area contributed by atoms with Crippen LogP contribution in [0.25, 0.3) is 0 Å². The molecule has 0 bridgehead atoms. The number of nitriles is 1. The molecule has 0 radical (unpaired) electrons. The fourth-order valence-corrected chi connectivity index (χ4v) is 2.58. The van der Waals surface area contributed by atoms with E-state index in [0.717, 1.165) is 18.9 Å². The van der Waals surface area contributed by atoms with Gasteiger partial charge >= 0.3 is 6.18 Å². The van der Waals surface area contributed by atoms with Gasteiger partial charge in [-0.25, -0.2) is 4.98 Å². The SMILES string of the molecule is CC1CCC(CN)CN1c1nc(C(F)(F)F)ccc1C#N. The minimum absolute atomic E-state index is 0.0379. The molecule has 114 valence electrons. The number of nitrogens with zero attached hydrogens (tertiary/aromatic N) is 3. The van der Waals surface area contributed by atoms with Crippen molar-refractivity contribution < 1.29 is 13.2 Å². The number of aromatic nitrogens is 1. The van der Waals surface area contributed by atoms with Gasteiger partial charge in [0.25, 0.3) is 0 Å². The highest BCUT2D eigenvalue weighted by Gasteiger charge is 2.35. The monoisotopic (exact) mass is 298 g/mol. The number of halogens is 3. The molecule has 4 nitrogen and oxygen atoms in total. The predicted molar refractivity (Wildman–Crippen MR) is 72.5 cm³/mol. The maximum Gasteiger partial charge on any atom is 0.433 e. The van der Waals surface area contributed by atoms with Crippen molar-refractivity contribution in [1.82, 2.24) is 4.98 Å². The fourth-order valence-electron chi connectivity index (χ4n) is 2.58. The quantitative estimate of drug-likeness (QED) is 0.911. The third kappa shape index (κ3) is 3.27. The van der Waals surface area contributed by atoms with E-state index in [-0.39, 0.29) is 23.3 Å². The van der Waals surface area contributed by atoms with Gasteiger partial charge in [-0.3, -0.25) is 0 Å². The second-order valence-corrected chi connectivity index (χ2v) is 5.36. The summed E-state index contributed by atoms with van der Waals surface area (Å²) in [4.78, 5) is 5.47. The maximum atomic E-state index is 12.8. The van der Waals surface area contributed by atoms with Crippen LogP contribution in [-0.2, 0) is 6.18 Å². The molecule has 0 aromatic carbocycles. The van der Waals surface area contributed by atoms with E-state index in [2.05, 4.69) is 4.98 Å². The summed E-state index contributed by atoms with van der Waals surface area (Å²) in [5, 5.41) is 9.13. The highest BCUT2D eigenvalue weighted by atomic mass is 19.4. The van der Waals surface area contributed by atoms with Gasteiger partial charge in [0.05, 0.1) is 5.56 Å². The number of anilines is 1. The second-order valence-electron chi connectivity index (χ2n) is 5.36. The lowest BCUT2D eigenvalue weighted by Crippen LogP contribution is -2.44. The molecule has 1 aromatic heterocycles. The Bertz CT molecular complexity index is 550. The number of nitrogens with two attached hydrogens (primary N) is 1. The maximum absolute atomic E-state index is 12.8. The predicted octanol–water partition coefficient (Wildman–Crippen LogP) is 2.54. The molecule has 2 N–H and O–H groups in total. The Morgan fingerprint density at radius 3 is 2.71 bits per heavy atom. The molecular formula is C14H17F3N4. The molecule has 21 heavy (non-hydrogen) atoms. The van der Waals surface area contributed by atoms with Gasteiger partial charge in [0.1, 0.15) is 17.6 Å². The summed E-state index contributed by atoms with van der Waals surface area (Å²) in [6.07, 6.45) is -2.76. The molecule has 2 atom stereocenters. The number of piperidine rings is 1. The van der Waals surface area contributed by atoms with Crippen LogP contribution in [0.1, 0.15) is 31.0 Å². The standard InChI is InChI=1S/C14H17F3N4/c1-9-2-3-10(6-18)8-21(9)13-11(7-19)4-5-12(20-13)14(15,16)17/h4-5,9-10H,2-3,6,8,18H2,1H3. The van der Waals surface area contributed by atoms with Crippen molar-refractivity contribution in [2.75, 3.05) is 18.0 Å². The molecule has 1 aromatic rings. The van der Waals surface area contributed by atoms with Crippen LogP contribution in [0.2, 0.25) is 0 Å². The Labute approximate surface area is 121 Å². The van der Waals surface area contributed by atoms with E-state index < -0.39 is 11.9 Å². The summed E-state index contributed by atoms with van der Waals surface area (Å²) < 4.78 is 38.5. The van der Waals surface area contributed by atoms with Crippen molar-refractivity contribution >= 4 is 5.82 Å². The van der Waals surface area contributed by atoms with Crippen LogP contribution in [0.5, 0.6) is 0 Å². The molecule has 1 aliphatic heterocycles. The third-order valence-electron chi connectivity index (χ3n) is 3.87. The van der Waals surface area contributed by atoms with Gasteiger partial charge in [-0.2, -0.15) is 18.4 Å². The van der Waals surface area contributed by atoms with Gasteiger partial charge in [0.15, 0.2) is 0 Å². The van der Waals surface area contributed by atoms with Gasteiger partial charge in [-0.1, -0.05) is 0 Å². The molecule has 2 heterocycles. The van der Waals surface area contributed by atoms with Crippen molar-refractivity contribution in [3.05, 3.63) is 23.4 Å². The van der Waals surface area contributed by atoms with E-state index in [4.69, 9.17) is 11.0 Å². The van der Waals surface area contributed by atoms with Crippen LogP contribution in [-0.4, -0.2) is 24.1 Å². The Hall–Kier alpha value is -1.81. The molecule has 0 spiro atoms. The molecule has 0 saturated carbocycles. The Morgan fingerprint density at radius 2 is 2.14 bits per heavy atom. The molecule has 0 amide bonds. The fraction of sp³-hybridized carbons (Fsp3) is 0.571. The van der Waals surface area contributed by atoms with E-state index in [1.54, 1.807) is 4.90 Å². The topological polar surface area (TPSA) is 65.9 Å². The average molecular weight is 298 g/mol. The summed E-state index contributed by atoms with van der Waals surface area (Å²) in [6.45, 7) is 2.93. The van der Waals surface area contributed by atoms with E-state index >= 15 is 0 Å². The first kappa shape index (κ1) is 15.6. The lowest BCUT2D eigenvalue weighted by atomic mass is 9.93. The molecule has 1 fully saturated rings. The Balaban J connectivity index is 2.43. The molecule has 7 heteroatoms. The first-order chi connectivity index (χ1) is 9.86. The van der Waals surface area contributed by atoms with Crippen LogP contribution in [0.3, 0.4) is 0 Å². The van der Waals surface area contributed by atoms with E-state index in [1.807, 2.05) is 13.0 Å². The zero-order valence-corrected chi connectivity index (χ0v) is 11.7. The molecular weight excluding hydrogens is 281 g/mol. The minimum Gasteiger partial charge on any atom is -0.352 e. The van der Waals surface area contributed by atoms with Crippen LogP contribution in [0.15, 0.2) is 12.1 Å². The Kier molecular flexibility index (Phi) is 4.37. The van der Waals surface area contributed by atoms with Crippen molar-refractivity contribution in [2.45, 2.75) is 32.0 Å². The van der Waals surface area contributed by atoms with Gasteiger partial charge in [-0.15, -0.1) is 0 Å². The lowest BCUT2D eigenvalue weighted by Gasteiger charge is -2.39. The van der Waals surface area contributed by atoms with Crippen LogP contribution < -0.4 is 10.6 Å². The zero-order valence-electron chi connectivity index (χ0n) is 11.7. The summed E-state index contributed by atoms with van der Waals surface area (Å²) >= 11 is 0. The van der Waals surface area contributed by atoms with Crippen LogP contribution in [0, 0.1) is 17.2 Å². The molecule has 1 aliphatic rings. The van der Waals surface area contributed by atoms with Crippen LogP contribution >= 0.6 is 0 Å². The van der Waals surface area contributed by atoms with Crippen molar-refractivity contribution in [1.29, 1.82) is 5.26 Å². The van der Waals surface area contributed by atoms with Gasteiger partial charge in [-0.05, 0) is 44.4 Å². The number of alkyl halides is 3. The average Bonchev–Trinajstić information content (AvgIpc) is 2.46. The minimum atomic E-state index is -4.52. The second kappa shape index (κ2) is 5.90. The summed E-state index contributed by atoms with van der Waals surface area (Å²) in [5.74, 6) is 0.321. The molecule has 1 saturated heterocycles.